The molecule has 1 amide bonds. The number of fused-ring (bicyclic) bond motifs is 1. The predicted molar refractivity (Wildman–Crippen MR) is 52.9 cm³/mol. The SMILES string of the molecule is CC(=O)N1CN(C)c2ccccc21. The lowest BCUT2D eigenvalue weighted by Gasteiger charge is -2.14. The Hall–Kier alpha value is -1.51. The van der Waals surface area contributed by atoms with Gasteiger partial charge in [-0.2, -0.15) is 0 Å². The minimum Gasteiger partial charge on any atom is -0.355 e. The number of nitrogens with zero attached hydrogens (tertiary/aromatic N) is 2. The van der Waals surface area contributed by atoms with Gasteiger partial charge in [0.1, 0.15) is 0 Å². The van der Waals surface area contributed by atoms with Crippen LogP contribution < -0.4 is 9.80 Å². The summed E-state index contributed by atoms with van der Waals surface area (Å²) in [4.78, 5) is 15.1. The van der Waals surface area contributed by atoms with E-state index in [4.69, 9.17) is 0 Å². The monoisotopic (exact) mass is 176 g/mol. The molecule has 68 valence electrons. The summed E-state index contributed by atoms with van der Waals surface area (Å²) >= 11 is 0. The van der Waals surface area contributed by atoms with Gasteiger partial charge in [0.15, 0.2) is 0 Å². The van der Waals surface area contributed by atoms with Crippen molar-refractivity contribution in [2.45, 2.75) is 6.92 Å². The number of hydrogen-bond acceptors (Lipinski definition) is 2. The number of carbonyl (C=O) groups is 1. The normalized spacial score (nSPS) is 14.6. The van der Waals surface area contributed by atoms with Crippen LogP contribution in [0.3, 0.4) is 0 Å². The van der Waals surface area contributed by atoms with Gasteiger partial charge in [0.05, 0.1) is 18.0 Å². The highest BCUT2D eigenvalue weighted by Crippen LogP contribution is 2.34. The lowest BCUT2D eigenvalue weighted by Crippen LogP contribution is -2.31. The molecule has 1 aliphatic heterocycles. The minimum absolute atomic E-state index is 0.0943. The van der Waals surface area contributed by atoms with Gasteiger partial charge in [-0.15, -0.1) is 0 Å². The van der Waals surface area contributed by atoms with Crippen molar-refractivity contribution in [3.8, 4) is 0 Å². The number of benzene rings is 1. The van der Waals surface area contributed by atoms with Crippen molar-refractivity contribution in [3.63, 3.8) is 0 Å². The third-order valence-corrected chi connectivity index (χ3v) is 2.32. The fourth-order valence-corrected chi connectivity index (χ4v) is 1.65. The predicted octanol–water partition coefficient (Wildman–Crippen LogP) is 1.45. The van der Waals surface area contributed by atoms with Crippen molar-refractivity contribution >= 4 is 17.3 Å². The van der Waals surface area contributed by atoms with Crippen molar-refractivity contribution in [2.24, 2.45) is 0 Å². The summed E-state index contributed by atoms with van der Waals surface area (Å²) in [6.07, 6.45) is 0. The first-order valence-corrected chi connectivity index (χ1v) is 4.28. The van der Waals surface area contributed by atoms with Crippen LogP contribution in [0.4, 0.5) is 11.4 Å². The average Bonchev–Trinajstić information content (AvgIpc) is 2.45. The fraction of sp³-hybridized carbons (Fsp3) is 0.300. The summed E-state index contributed by atoms with van der Waals surface area (Å²) in [6.45, 7) is 2.25. The van der Waals surface area contributed by atoms with Crippen LogP contribution in [0.25, 0.3) is 0 Å². The number of rotatable bonds is 0. The summed E-state index contributed by atoms with van der Waals surface area (Å²) in [5, 5.41) is 0. The zero-order chi connectivity index (χ0) is 9.42. The van der Waals surface area contributed by atoms with Crippen molar-refractivity contribution in [1.29, 1.82) is 0 Å². The molecule has 3 heteroatoms. The van der Waals surface area contributed by atoms with Gasteiger partial charge >= 0.3 is 0 Å². The first kappa shape index (κ1) is 8.10. The molecule has 0 bridgehead atoms. The van der Waals surface area contributed by atoms with Gasteiger partial charge in [0.25, 0.3) is 0 Å². The Labute approximate surface area is 77.6 Å². The highest BCUT2D eigenvalue weighted by Gasteiger charge is 2.24. The molecule has 2 rings (SSSR count). The van der Waals surface area contributed by atoms with Gasteiger partial charge in [-0.1, -0.05) is 12.1 Å². The van der Waals surface area contributed by atoms with Gasteiger partial charge in [-0.25, -0.2) is 0 Å². The van der Waals surface area contributed by atoms with E-state index in [-0.39, 0.29) is 5.91 Å². The minimum atomic E-state index is 0.0943. The lowest BCUT2D eigenvalue weighted by atomic mass is 10.2. The van der Waals surface area contributed by atoms with Crippen LogP contribution in [-0.4, -0.2) is 19.6 Å². The van der Waals surface area contributed by atoms with Gasteiger partial charge in [-0.05, 0) is 12.1 Å². The molecular weight excluding hydrogens is 164 g/mol. The van der Waals surface area contributed by atoms with E-state index in [1.807, 2.05) is 31.3 Å². The topological polar surface area (TPSA) is 23.6 Å². The summed E-state index contributed by atoms with van der Waals surface area (Å²) in [6, 6.07) is 7.94. The Morgan fingerprint density at radius 3 is 2.54 bits per heavy atom. The maximum atomic E-state index is 11.3. The molecule has 0 N–H and O–H groups in total. The quantitative estimate of drug-likeness (QED) is 0.597. The lowest BCUT2D eigenvalue weighted by molar-refractivity contribution is -0.116. The molecule has 0 radical (unpaired) electrons. The van der Waals surface area contributed by atoms with E-state index in [2.05, 4.69) is 4.90 Å². The Morgan fingerprint density at radius 2 is 1.92 bits per heavy atom. The van der Waals surface area contributed by atoms with Crippen molar-refractivity contribution < 1.29 is 4.79 Å². The zero-order valence-electron chi connectivity index (χ0n) is 7.82. The van der Waals surface area contributed by atoms with Crippen LogP contribution in [0.15, 0.2) is 24.3 Å². The molecular formula is C10H12N2O. The molecule has 0 spiro atoms. The molecule has 1 aromatic rings. The maximum Gasteiger partial charge on any atom is 0.225 e. The van der Waals surface area contributed by atoms with E-state index in [0.29, 0.717) is 6.67 Å². The smallest absolute Gasteiger partial charge is 0.225 e. The average molecular weight is 176 g/mol. The van der Waals surface area contributed by atoms with Crippen LogP contribution in [0.2, 0.25) is 0 Å². The van der Waals surface area contributed by atoms with Crippen LogP contribution in [0, 0.1) is 0 Å². The van der Waals surface area contributed by atoms with Crippen molar-refractivity contribution in [1.82, 2.24) is 0 Å². The molecule has 0 saturated carbocycles. The molecule has 13 heavy (non-hydrogen) atoms. The van der Waals surface area contributed by atoms with Crippen molar-refractivity contribution in [3.05, 3.63) is 24.3 Å². The van der Waals surface area contributed by atoms with E-state index in [9.17, 15) is 4.79 Å². The summed E-state index contributed by atoms with van der Waals surface area (Å²) in [7, 11) is 1.99. The molecule has 3 nitrogen and oxygen atoms in total. The third-order valence-electron chi connectivity index (χ3n) is 2.32. The van der Waals surface area contributed by atoms with Crippen LogP contribution in [0.5, 0.6) is 0 Å². The van der Waals surface area contributed by atoms with E-state index < -0.39 is 0 Å². The highest BCUT2D eigenvalue weighted by molar-refractivity contribution is 5.98. The Balaban J connectivity index is 2.47. The van der Waals surface area contributed by atoms with Crippen LogP contribution in [0.1, 0.15) is 6.92 Å². The van der Waals surface area contributed by atoms with Gasteiger partial charge in [0.2, 0.25) is 5.91 Å². The first-order valence-electron chi connectivity index (χ1n) is 4.28. The number of hydrogen-bond donors (Lipinski definition) is 0. The van der Waals surface area contributed by atoms with E-state index in [1.165, 1.54) is 0 Å². The van der Waals surface area contributed by atoms with Gasteiger partial charge in [-0.3, -0.25) is 9.69 Å². The van der Waals surface area contributed by atoms with Gasteiger partial charge in [0, 0.05) is 14.0 Å². The maximum absolute atomic E-state index is 11.3. The third kappa shape index (κ3) is 1.16. The Bertz CT molecular complexity index is 349. The van der Waals surface area contributed by atoms with Gasteiger partial charge < -0.3 is 4.90 Å². The molecule has 1 heterocycles. The zero-order valence-corrected chi connectivity index (χ0v) is 7.82. The summed E-state index contributed by atoms with van der Waals surface area (Å²) < 4.78 is 0. The van der Waals surface area contributed by atoms with E-state index in [1.54, 1.807) is 11.8 Å². The standard InChI is InChI=1S/C10H12N2O/c1-8(13)12-7-11(2)9-5-3-4-6-10(9)12/h3-6H,7H2,1-2H3. The molecule has 0 unspecified atom stereocenters. The second-order valence-electron chi connectivity index (χ2n) is 3.28. The van der Waals surface area contributed by atoms with Crippen LogP contribution in [-0.2, 0) is 4.79 Å². The number of anilines is 2. The second-order valence-corrected chi connectivity index (χ2v) is 3.28. The van der Waals surface area contributed by atoms with Crippen LogP contribution >= 0.6 is 0 Å². The molecule has 0 atom stereocenters. The number of amides is 1. The van der Waals surface area contributed by atoms with Crippen molar-refractivity contribution in [2.75, 3.05) is 23.5 Å². The Morgan fingerprint density at radius 1 is 1.31 bits per heavy atom. The molecule has 0 aromatic heterocycles. The molecule has 1 aliphatic rings. The Kier molecular flexibility index (Phi) is 1.72. The van der Waals surface area contributed by atoms with E-state index >= 15 is 0 Å². The largest absolute Gasteiger partial charge is 0.355 e. The molecule has 0 saturated heterocycles. The second kappa shape index (κ2) is 2.76. The fourth-order valence-electron chi connectivity index (χ4n) is 1.65. The molecule has 0 fully saturated rings. The molecule has 1 aromatic carbocycles. The summed E-state index contributed by atoms with van der Waals surface area (Å²) in [5.41, 5.74) is 2.13. The molecule has 0 aliphatic carbocycles. The summed E-state index contributed by atoms with van der Waals surface area (Å²) in [5.74, 6) is 0.0943. The highest BCUT2D eigenvalue weighted by atomic mass is 16.2. The number of para-hydroxylation sites is 2. The number of carbonyl (C=O) groups excluding carboxylic acids is 1. The van der Waals surface area contributed by atoms with E-state index in [0.717, 1.165) is 11.4 Å². The first-order chi connectivity index (χ1) is 6.20.